The van der Waals surface area contributed by atoms with Crippen molar-refractivity contribution in [2.24, 2.45) is 17.8 Å². The molecule has 2 aliphatic rings. The van der Waals surface area contributed by atoms with Crippen molar-refractivity contribution in [1.29, 1.82) is 0 Å². The third kappa shape index (κ3) is 5.13. The summed E-state index contributed by atoms with van der Waals surface area (Å²) in [7, 11) is 1.58. The van der Waals surface area contributed by atoms with Gasteiger partial charge in [0.2, 0.25) is 11.8 Å². The molecule has 0 bridgehead atoms. The molecule has 3 heterocycles. The number of carbonyl (C=O) groups excluding carboxylic acids is 2. The van der Waals surface area contributed by atoms with Crippen molar-refractivity contribution in [3.63, 3.8) is 0 Å². The van der Waals surface area contributed by atoms with Gasteiger partial charge in [-0.3, -0.25) is 9.59 Å². The van der Waals surface area contributed by atoms with E-state index in [1.807, 2.05) is 25.1 Å². The summed E-state index contributed by atoms with van der Waals surface area (Å²) in [5.74, 6) is 1.61. The summed E-state index contributed by atoms with van der Waals surface area (Å²) in [6.45, 7) is 7.22. The van der Waals surface area contributed by atoms with Crippen LogP contribution in [0.2, 0.25) is 0 Å². The lowest BCUT2D eigenvalue weighted by molar-refractivity contribution is -0.129. The highest BCUT2D eigenvalue weighted by atomic mass is 16.5. The third-order valence-corrected chi connectivity index (χ3v) is 6.72. The van der Waals surface area contributed by atoms with E-state index in [1.54, 1.807) is 19.4 Å². The van der Waals surface area contributed by atoms with Gasteiger partial charge in [0.25, 0.3) is 5.91 Å². The molecule has 2 amide bonds. The number of nitrogens with zero attached hydrogens (tertiary/aromatic N) is 1. The van der Waals surface area contributed by atoms with Crippen molar-refractivity contribution in [3.8, 4) is 22.8 Å². The molecule has 0 radical (unpaired) electrons. The summed E-state index contributed by atoms with van der Waals surface area (Å²) in [5.41, 5.74) is 3.30. The highest BCUT2D eigenvalue weighted by Gasteiger charge is 2.32. The van der Waals surface area contributed by atoms with Gasteiger partial charge >= 0.3 is 0 Å². The SMILES string of the molecule is COc1ccc(-c2cc(C(=O)NCC3C(=O)NC(C)CC3C)cc3c2OCC(C)CC3)cn1. The van der Waals surface area contributed by atoms with Crippen LogP contribution in [0.15, 0.2) is 30.5 Å². The molecule has 1 fully saturated rings. The van der Waals surface area contributed by atoms with Crippen LogP contribution in [0.1, 0.15) is 49.5 Å². The zero-order valence-electron chi connectivity index (χ0n) is 19.8. The molecule has 1 aromatic carbocycles. The van der Waals surface area contributed by atoms with E-state index in [0.29, 0.717) is 30.5 Å². The Morgan fingerprint density at radius 1 is 1.27 bits per heavy atom. The summed E-state index contributed by atoms with van der Waals surface area (Å²) in [4.78, 5) is 29.9. The van der Waals surface area contributed by atoms with Crippen molar-refractivity contribution in [3.05, 3.63) is 41.6 Å². The molecule has 2 aromatic rings. The van der Waals surface area contributed by atoms with E-state index >= 15 is 0 Å². The fourth-order valence-electron chi connectivity index (χ4n) is 4.75. The predicted molar refractivity (Wildman–Crippen MR) is 126 cm³/mol. The largest absolute Gasteiger partial charge is 0.492 e. The zero-order valence-corrected chi connectivity index (χ0v) is 19.8. The van der Waals surface area contributed by atoms with Crippen molar-refractivity contribution in [1.82, 2.24) is 15.6 Å². The first kappa shape index (κ1) is 23.1. The van der Waals surface area contributed by atoms with Crippen LogP contribution in [0.5, 0.6) is 11.6 Å². The van der Waals surface area contributed by atoms with E-state index in [-0.39, 0.29) is 29.7 Å². The molecule has 1 saturated heterocycles. The second-order valence-corrected chi connectivity index (χ2v) is 9.50. The van der Waals surface area contributed by atoms with Crippen LogP contribution >= 0.6 is 0 Å². The maximum absolute atomic E-state index is 13.2. The Kier molecular flexibility index (Phi) is 6.86. The molecule has 4 rings (SSSR count). The van der Waals surface area contributed by atoms with Crippen LogP contribution in [0.4, 0.5) is 0 Å². The van der Waals surface area contributed by atoms with Gasteiger partial charge in [-0.25, -0.2) is 4.98 Å². The molecule has 1 aromatic heterocycles. The lowest BCUT2D eigenvalue weighted by atomic mass is 9.84. The molecule has 176 valence electrons. The lowest BCUT2D eigenvalue weighted by Gasteiger charge is -2.32. The minimum absolute atomic E-state index is 0.0101. The Balaban J connectivity index is 1.61. The van der Waals surface area contributed by atoms with Gasteiger partial charge in [-0.1, -0.05) is 13.8 Å². The normalized spacial score (nSPS) is 24.7. The quantitative estimate of drug-likeness (QED) is 0.725. The predicted octanol–water partition coefficient (Wildman–Crippen LogP) is 3.61. The number of fused-ring (bicyclic) bond motifs is 1. The molecule has 7 nitrogen and oxygen atoms in total. The zero-order chi connectivity index (χ0) is 23.5. The van der Waals surface area contributed by atoms with Crippen LogP contribution < -0.4 is 20.1 Å². The van der Waals surface area contributed by atoms with Gasteiger partial charge in [0.1, 0.15) is 5.75 Å². The molecule has 0 saturated carbocycles. The van der Waals surface area contributed by atoms with Crippen molar-refractivity contribution >= 4 is 11.8 Å². The maximum Gasteiger partial charge on any atom is 0.251 e. The minimum atomic E-state index is -0.222. The van der Waals surface area contributed by atoms with Crippen molar-refractivity contribution < 1.29 is 19.1 Å². The fourth-order valence-corrected chi connectivity index (χ4v) is 4.75. The van der Waals surface area contributed by atoms with E-state index in [2.05, 4.69) is 29.5 Å². The van der Waals surface area contributed by atoms with Gasteiger partial charge in [-0.15, -0.1) is 0 Å². The number of hydrogen-bond donors (Lipinski definition) is 2. The highest BCUT2D eigenvalue weighted by molar-refractivity contribution is 5.97. The van der Waals surface area contributed by atoms with E-state index in [1.165, 1.54) is 0 Å². The Hall–Kier alpha value is -3.09. The first-order valence-corrected chi connectivity index (χ1v) is 11.7. The Morgan fingerprint density at radius 2 is 2.09 bits per heavy atom. The molecule has 33 heavy (non-hydrogen) atoms. The minimum Gasteiger partial charge on any atom is -0.492 e. The Labute approximate surface area is 195 Å². The second kappa shape index (κ2) is 9.81. The van der Waals surface area contributed by atoms with Crippen molar-refractivity contribution in [2.75, 3.05) is 20.3 Å². The number of aryl methyl sites for hydroxylation is 1. The van der Waals surface area contributed by atoms with E-state index in [9.17, 15) is 9.59 Å². The molecule has 7 heteroatoms. The van der Waals surface area contributed by atoms with Crippen LogP contribution in [-0.2, 0) is 11.2 Å². The van der Waals surface area contributed by atoms with Crippen LogP contribution in [0, 0.1) is 17.8 Å². The summed E-state index contributed by atoms with van der Waals surface area (Å²) in [5, 5.41) is 5.99. The lowest BCUT2D eigenvalue weighted by Crippen LogP contribution is -2.50. The number of pyridine rings is 1. The number of benzene rings is 1. The highest BCUT2D eigenvalue weighted by Crippen LogP contribution is 2.38. The van der Waals surface area contributed by atoms with Crippen LogP contribution in [0.3, 0.4) is 0 Å². The monoisotopic (exact) mass is 451 g/mol. The van der Waals surface area contributed by atoms with Crippen LogP contribution in [-0.4, -0.2) is 43.1 Å². The summed E-state index contributed by atoms with van der Waals surface area (Å²) in [6, 6.07) is 7.69. The van der Waals surface area contributed by atoms with Gasteiger partial charge in [0, 0.05) is 41.5 Å². The number of carbonyl (C=O) groups is 2. The van der Waals surface area contributed by atoms with Gasteiger partial charge in [0.15, 0.2) is 0 Å². The number of rotatable bonds is 5. The summed E-state index contributed by atoms with van der Waals surface area (Å²) >= 11 is 0. The topological polar surface area (TPSA) is 89.5 Å². The third-order valence-electron chi connectivity index (χ3n) is 6.72. The average molecular weight is 452 g/mol. The van der Waals surface area contributed by atoms with E-state index < -0.39 is 0 Å². The first-order chi connectivity index (χ1) is 15.9. The van der Waals surface area contributed by atoms with Gasteiger partial charge in [-0.2, -0.15) is 0 Å². The maximum atomic E-state index is 13.2. The molecular weight excluding hydrogens is 418 g/mol. The molecule has 2 N–H and O–H groups in total. The van der Waals surface area contributed by atoms with Gasteiger partial charge in [-0.05, 0) is 61.8 Å². The number of amides is 2. The van der Waals surface area contributed by atoms with Gasteiger partial charge < -0.3 is 20.1 Å². The second-order valence-electron chi connectivity index (χ2n) is 9.50. The van der Waals surface area contributed by atoms with Crippen LogP contribution in [0.25, 0.3) is 11.1 Å². The molecule has 0 spiro atoms. The molecule has 2 aliphatic heterocycles. The number of ether oxygens (including phenoxy) is 2. The number of piperidine rings is 1. The first-order valence-electron chi connectivity index (χ1n) is 11.7. The van der Waals surface area contributed by atoms with Gasteiger partial charge in [0.05, 0.1) is 19.6 Å². The Bertz CT molecular complexity index is 1020. The van der Waals surface area contributed by atoms with E-state index in [0.717, 1.165) is 41.7 Å². The number of methoxy groups -OCH3 is 1. The molecular formula is C26H33N3O4. The summed E-state index contributed by atoms with van der Waals surface area (Å²) < 4.78 is 11.4. The molecule has 4 unspecified atom stereocenters. The fraction of sp³-hybridized carbons (Fsp3) is 0.500. The Morgan fingerprint density at radius 3 is 2.79 bits per heavy atom. The number of aromatic nitrogens is 1. The number of hydrogen-bond acceptors (Lipinski definition) is 5. The smallest absolute Gasteiger partial charge is 0.251 e. The van der Waals surface area contributed by atoms with Crippen molar-refractivity contribution in [2.45, 2.75) is 46.1 Å². The van der Waals surface area contributed by atoms with E-state index in [4.69, 9.17) is 9.47 Å². The summed E-state index contributed by atoms with van der Waals surface area (Å²) in [6.07, 6.45) is 4.49. The standard InChI is InChI=1S/C26H33N3O4/c1-15-5-6-18-10-20(25(30)28-13-22-16(2)9-17(3)29-26(22)31)11-21(24(18)33-14-15)19-7-8-23(32-4)27-12-19/h7-8,10-12,15-17,22H,5-6,9,13-14H2,1-4H3,(H,28,30)(H,29,31). The molecule has 0 aliphatic carbocycles. The molecule has 4 atom stereocenters. The average Bonchev–Trinajstić information content (AvgIpc) is 2.99. The number of nitrogens with one attached hydrogen (secondary N) is 2.